The average Bonchev–Trinajstić information content (AvgIpc) is 2.32. The van der Waals surface area contributed by atoms with Crippen molar-refractivity contribution in [1.29, 1.82) is 0 Å². The lowest BCUT2D eigenvalue weighted by Gasteiger charge is -2.36. The van der Waals surface area contributed by atoms with Crippen LogP contribution in [0.3, 0.4) is 0 Å². The number of nitrogens with zero attached hydrogens (tertiary/aromatic N) is 2. The zero-order chi connectivity index (χ0) is 14.2. The quantitative estimate of drug-likeness (QED) is 0.856. The van der Waals surface area contributed by atoms with Crippen molar-refractivity contribution in [3.05, 3.63) is 22.3 Å². The molecule has 1 aromatic heterocycles. The van der Waals surface area contributed by atoms with Crippen LogP contribution in [-0.2, 0) is 6.18 Å². The lowest BCUT2D eigenvalue weighted by atomic mass is 9.94. The standard InChI is InChI=1S/C12H15BrF3N3/c1-7-2-3-19(6-10(7)17)11-9(12(14,15)16)4-8(13)5-18-11/h4-5,7,10H,2-3,6,17H2,1H3. The third-order valence-corrected chi connectivity index (χ3v) is 3.89. The Morgan fingerprint density at radius 1 is 1.47 bits per heavy atom. The van der Waals surface area contributed by atoms with Gasteiger partial charge in [0, 0.05) is 29.8 Å². The van der Waals surface area contributed by atoms with Gasteiger partial charge in [0.2, 0.25) is 0 Å². The van der Waals surface area contributed by atoms with E-state index >= 15 is 0 Å². The summed E-state index contributed by atoms with van der Waals surface area (Å²) in [6.45, 7) is 2.97. The minimum Gasteiger partial charge on any atom is -0.355 e. The van der Waals surface area contributed by atoms with Crippen molar-refractivity contribution >= 4 is 21.7 Å². The largest absolute Gasteiger partial charge is 0.419 e. The Morgan fingerprint density at radius 2 is 2.16 bits per heavy atom. The second-order valence-corrected chi connectivity index (χ2v) is 5.81. The number of piperidine rings is 1. The molecule has 1 aromatic rings. The van der Waals surface area contributed by atoms with Gasteiger partial charge in [-0.25, -0.2) is 4.98 Å². The maximum atomic E-state index is 13.0. The van der Waals surface area contributed by atoms with Crippen LogP contribution in [0.4, 0.5) is 19.0 Å². The molecule has 1 aliphatic rings. The molecule has 2 unspecified atom stereocenters. The Bertz CT molecular complexity index is 464. The lowest BCUT2D eigenvalue weighted by molar-refractivity contribution is -0.137. The van der Waals surface area contributed by atoms with Crippen LogP contribution in [0, 0.1) is 5.92 Å². The van der Waals surface area contributed by atoms with Gasteiger partial charge in [-0.05, 0) is 34.3 Å². The van der Waals surface area contributed by atoms with Crippen LogP contribution in [0.5, 0.6) is 0 Å². The third-order valence-electron chi connectivity index (χ3n) is 3.45. The molecule has 0 bridgehead atoms. The molecule has 1 saturated heterocycles. The molecule has 0 aliphatic carbocycles. The Labute approximate surface area is 118 Å². The minimum absolute atomic E-state index is 0.0296. The number of aromatic nitrogens is 1. The van der Waals surface area contributed by atoms with Gasteiger partial charge in [-0.3, -0.25) is 0 Å². The molecule has 0 saturated carbocycles. The molecular formula is C12H15BrF3N3. The maximum Gasteiger partial charge on any atom is 0.419 e. The summed E-state index contributed by atoms with van der Waals surface area (Å²) in [6.07, 6.45) is -2.26. The number of pyridine rings is 1. The topological polar surface area (TPSA) is 42.2 Å². The van der Waals surface area contributed by atoms with E-state index < -0.39 is 11.7 Å². The van der Waals surface area contributed by atoms with Crippen LogP contribution in [0.1, 0.15) is 18.9 Å². The van der Waals surface area contributed by atoms with E-state index in [-0.39, 0.29) is 11.9 Å². The number of alkyl halides is 3. The Balaban J connectivity index is 2.34. The van der Waals surface area contributed by atoms with E-state index in [4.69, 9.17) is 5.73 Å². The summed E-state index contributed by atoms with van der Waals surface area (Å²) in [6, 6.07) is 0.937. The summed E-state index contributed by atoms with van der Waals surface area (Å²) in [7, 11) is 0. The van der Waals surface area contributed by atoms with Crippen molar-refractivity contribution in [1.82, 2.24) is 4.98 Å². The number of halogens is 4. The van der Waals surface area contributed by atoms with Gasteiger partial charge in [0.1, 0.15) is 5.82 Å². The van der Waals surface area contributed by atoms with Gasteiger partial charge in [-0.15, -0.1) is 0 Å². The van der Waals surface area contributed by atoms with Crippen LogP contribution in [0.15, 0.2) is 16.7 Å². The van der Waals surface area contributed by atoms with E-state index in [9.17, 15) is 13.2 Å². The molecule has 2 atom stereocenters. The average molecular weight is 338 g/mol. The van der Waals surface area contributed by atoms with E-state index in [2.05, 4.69) is 20.9 Å². The van der Waals surface area contributed by atoms with Crippen LogP contribution in [0.2, 0.25) is 0 Å². The zero-order valence-corrected chi connectivity index (χ0v) is 12.0. The summed E-state index contributed by atoms with van der Waals surface area (Å²) in [5.41, 5.74) is 5.22. The van der Waals surface area contributed by atoms with Crippen LogP contribution in [0.25, 0.3) is 0 Å². The first-order chi connectivity index (χ1) is 8.79. The highest BCUT2D eigenvalue weighted by atomic mass is 79.9. The summed E-state index contributed by atoms with van der Waals surface area (Å²) in [4.78, 5) is 5.56. The van der Waals surface area contributed by atoms with Gasteiger partial charge in [0.05, 0.1) is 5.56 Å². The van der Waals surface area contributed by atoms with Gasteiger partial charge >= 0.3 is 6.18 Å². The van der Waals surface area contributed by atoms with E-state index in [1.165, 1.54) is 6.20 Å². The maximum absolute atomic E-state index is 13.0. The molecular weight excluding hydrogens is 323 g/mol. The zero-order valence-electron chi connectivity index (χ0n) is 10.4. The Kier molecular flexibility index (Phi) is 4.06. The molecule has 0 aromatic carbocycles. The fraction of sp³-hybridized carbons (Fsp3) is 0.583. The summed E-state index contributed by atoms with van der Waals surface area (Å²) in [5, 5.41) is 0. The van der Waals surface area contributed by atoms with Crippen LogP contribution >= 0.6 is 15.9 Å². The Hall–Kier alpha value is -0.820. The molecule has 2 N–H and O–H groups in total. The molecule has 0 spiro atoms. The first-order valence-electron chi connectivity index (χ1n) is 6.02. The fourth-order valence-corrected chi connectivity index (χ4v) is 2.52. The number of anilines is 1. The number of hydrogen-bond acceptors (Lipinski definition) is 3. The molecule has 106 valence electrons. The van der Waals surface area contributed by atoms with E-state index in [1.54, 1.807) is 4.90 Å². The smallest absolute Gasteiger partial charge is 0.355 e. The molecule has 1 aliphatic heterocycles. The van der Waals surface area contributed by atoms with Gasteiger partial charge < -0.3 is 10.6 Å². The molecule has 0 radical (unpaired) electrons. The first-order valence-corrected chi connectivity index (χ1v) is 6.81. The van der Waals surface area contributed by atoms with Gasteiger partial charge in [0.25, 0.3) is 0 Å². The van der Waals surface area contributed by atoms with Gasteiger partial charge in [-0.1, -0.05) is 6.92 Å². The highest BCUT2D eigenvalue weighted by Gasteiger charge is 2.37. The van der Waals surface area contributed by atoms with Gasteiger partial charge in [0.15, 0.2) is 0 Å². The van der Waals surface area contributed by atoms with Crippen LogP contribution in [-0.4, -0.2) is 24.1 Å². The van der Waals surface area contributed by atoms with Crippen molar-refractivity contribution in [2.24, 2.45) is 11.7 Å². The second-order valence-electron chi connectivity index (χ2n) is 4.90. The first kappa shape index (κ1) is 14.6. The molecule has 2 heterocycles. The summed E-state index contributed by atoms with van der Waals surface area (Å²) < 4.78 is 39.4. The van der Waals surface area contributed by atoms with Crippen LogP contribution < -0.4 is 10.6 Å². The Morgan fingerprint density at radius 3 is 2.74 bits per heavy atom. The monoisotopic (exact) mass is 337 g/mol. The lowest BCUT2D eigenvalue weighted by Crippen LogP contribution is -2.48. The van der Waals surface area contributed by atoms with E-state index in [0.29, 0.717) is 23.5 Å². The number of hydrogen-bond donors (Lipinski definition) is 1. The predicted octanol–water partition coefficient (Wildman–Crippen LogP) is 3.04. The highest BCUT2D eigenvalue weighted by molar-refractivity contribution is 9.10. The fourth-order valence-electron chi connectivity index (χ4n) is 2.18. The third kappa shape index (κ3) is 3.20. The van der Waals surface area contributed by atoms with Crippen molar-refractivity contribution in [2.45, 2.75) is 25.6 Å². The molecule has 19 heavy (non-hydrogen) atoms. The molecule has 1 fully saturated rings. The van der Waals surface area contributed by atoms with Crippen molar-refractivity contribution in [3.63, 3.8) is 0 Å². The number of nitrogens with two attached hydrogens (primary N) is 1. The van der Waals surface area contributed by atoms with Crippen molar-refractivity contribution < 1.29 is 13.2 Å². The van der Waals surface area contributed by atoms with Gasteiger partial charge in [-0.2, -0.15) is 13.2 Å². The summed E-state index contributed by atoms with van der Waals surface area (Å²) >= 11 is 3.03. The minimum atomic E-state index is -4.42. The molecule has 3 nitrogen and oxygen atoms in total. The van der Waals surface area contributed by atoms with E-state index in [1.807, 2.05) is 6.92 Å². The predicted molar refractivity (Wildman–Crippen MR) is 70.9 cm³/mol. The molecule has 2 rings (SSSR count). The van der Waals surface area contributed by atoms with E-state index in [0.717, 1.165) is 12.5 Å². The molecule has 0 amide bonds. The molecule has 7 heteroatoms. The summed E-state index contributed by atoms with van der Waals surface area (Å²) in [5.74, 6) is 0.291. The second kappa shape index (κ2) is 5.28. The van der Waals surface area contributed by atoms with Crippen molar-refractivity contribution in [2.75, 3.05) is 18.0 Å². The number of rotatable bonds is 1. The normalized spacial score (nSPS) is 24.6. The highest BCUT2D eigenvalue weighted by Crippen LogP contribution is 2.37. The van der Waals surface area contributed by atoms with Crippen molar-refractivity contribution in [3.8, 4) is 0 Å². The SMILES string of the molecule is CC1CCN(c2ncc(Br)cc2C(F)(F)F)CC1N.